The van der Waals surface area contributed by atoms with Gasteiger partial charge in [0.25, 0.3) is 0 Å². The number of nitrogens with zero attached hydrogens (tertiary/aromatic N) is 1. The largest absolute Gasteiger partial charge is 0.396 e. The van der Waals surface area contributed by atoms with Crippen LogP contribution < -0.4 is 0 Å². The number of halogens is 1. The van der Waals surface area contributed by atoms with Crippen LogP contribution in [0.1, 0.15) is 12.8 Å². The Morgan fingerprint density at radius 2 is 2.42 bits per heavy atom. The molecule has 1 aliphatic heterocycles. The van der Waals surface area contributed by atoms with Crippen molar-refractivity contribution in [1.29, 1.82) is 0 Å². The predicted molar refractivity (Wildman–Crippen MR) is 51.2 cm³/mol. The minimum Gasteiger partial charge on any atom is -0.396 e. The molecule has 2 nitrogen and oxygen atoms in total. The summed E-state index contributed by atoms with van der Waals surface area (Å²) in [6, 6.07) is 0. The van der Waals surface area contributed by atoms with Crippen molar-refractivity contribution in [3.8, 4) is 0 Å². The molecule has 0 bridgehead atoms. The smallest absolute Gasteiger partial charge is 0.0471 e. The summed E-state index contributed by atoms with van der Waals surface area (Å²) in [7, 11) is 0. The Hall–Kier alpha value is -0.0500. The molecule has 3 heteroatoms. The fraction of sp³-hybridized carbons (Fsp3) is 0.778. The van der Waals surface area contributed by atoms with Crippen LogP contribution in [-0.4, -0.2) is 36.2 Å². The van der Waals surface area contributed by atoms with Gasteiger partial charge < -0.3 is 5.11 Å². The Morgan fingerprint density at radius 1 is 1.67 bits per heavy atom. The highest BCUT2D eigenvalue weighted by molar-refractivity contribution is 6.29. The molecule has 0 aromatic carbocycles. The fourth-order valence-corrected chi connectivity index (χ4v) is 1.86. The molecule has 0 spiro atoms. The number of rotatable bonds is 3. The molecule has 0 saturated carbocycles. The molecule has 0 aromatic rings. The molecule has 1 atom stereocenters. The molecule has 1 N–H and O–H groups in total. The second-order valence-electron chi connectivity index (χ2n) is 3.44. The highest BCUT2D eigenvalue weighted by Crippen LogP contribution is 2.16. The van der Waals surface area contributed by atoms with Gasteiger partial charge >= 0.3 is 0 Å². The minimum atomic E-state index is 0.297. The van der Waals surface area contributed by atoms with E-state index in [1.807, 2.05) is 0 Å². The van der Waals surface area contributed by atoms with E-state index in [1.54, 1.807) is 0 Å². The molecule has 0 aliphatic carbocycles. The summed E-state index contributed by atoms with van der Waals surface area (Å²) in [6.07, 6.45) is 2.30. The number of likely N-dealkylation sites (tertiary alicyclic amines) is 1. The molecule has 70 valence electrons. The standard InChI is InChI=1S/C9H16ClNO/c1-8(10)5-11-4-2-3-9(6-11)7-12/h9,12H,1-7H2. The summed E-state index contributed by atoms with van der Waals surface area (Å²) in [4.78, 5) is 2.25. The molecule has 12 heavy (non-hydrogen) atoms. The quantitative estimate of drug-likeness (QED) is 0.727. The van der Waals surface area contributed by atoms with Crippen molar-refractivity contribution in [2.75, 3.05) is 26.2 Å². The van der Waals surface area contributed by atoms with Crippen molar-refractivity contribution in [1.82, 2.24) is 4.90 Å². The minimum absolute atomic E-state index is 0.297. The highest BCUT2D eigenvalue weighted by atomic mass is 35.5. The number of hydrogen-bond acceptors (Lipinski definition) is 2. The van der Waals surface area contributed by atoms with Crippen LogP contribution in [-0.2, 0) is 0 Å². The Labute approximate surface area is 78.8 Å². The van der Waals surface area contributed by atoms with Crippen LogP contribution in [0, 0.1) is 5.92 Å². The van der Waals surface area contributed by atoms with Gasteiger partial charge in [0.15, 0.2) is 0 Å². The topological polar surface area (TPSA) is 23.5 Å². The molecule has 1 unspecified atom stereocenters. The van der Waals surface area contributed by atoms with Crippen molar-refractivity contribution in [2.24, 2.45) is 5.92 Å². The van der Waals surface area contributed by atoms with Gasteiger partial charge in [-0.1, -0.05) is 18.2 Å². The third kappa shape index (κ3) is 3.13. The first-order valence-electron chi connectivity index (χ1n) is 4.39. The first kappa shape index (κ1) is 10.0. The van der Waals surface area contributed by atoms with E-state index in [0.717, 1.165) is 32.5 Å². The monoisotopic (exact) mass is 189 g/mol. The predicted octanol–water partition coefficient (Wildman–Crippen LogP) is 1.44. The number of aliphatic hydroxyl groups is 1. The van der Waals surface area contributed by atoms with Crippen LogP contribution in [0.5, 0.6) is 0 Å². The van der Waals surface area contributed by atoms with Gasteiger partial charge in [-0.2, -0.15) is 0 Å². The van der Waals surface area contributed by atoms with Gasteiger partial charge in [-0.3, -0.25) is 4.90 Å². The Balaban J connectivity index is 2.30. The average Bonchev–Trinajstić information content (AvgIpc) is 2.03. The second kappa shape index (κ2) is 4.85. The van der Waals surface area contributed by atoms with Crippen LogP contribution in [0.15, 0.2) is 11.6 Å². The molecule has 1 heterocycles. The second-order valence-corrected chi connectivity index (χ2v) is 3.98. The van der Waals surface area contributed by atoms with E-state index in [0.29, 0.717) is 17.6 Å². The number of piperidine rings is 1. The lowest BCUT2D eigenvalue weighted by Gasteiger charge is -2.31. The van der Waals surface area contributed by atoms with E-state index >= 15 is 0 Å². The van der Waals surface area contributed by atoms with Gasteiger partial charge in [-0.15, -0.1) is 0 Å². The fourth-order valence-electron chi connectivity index (χ4n) is 1.69. The van der Waals surface area contributed by atoms with Crippen LogP contribution in [0.4, 0.5) is 0 Å². The lowest BCUT2D eigenvalue weighted by Crippen LogP contribution is -2.37. The first-order valence-corrected chi connectivity index (χ1v) is 4.76. The maximum atomic E-state index is 8.96. The zero-order valence-electron chi connectivity index (χ0n) is 7.30. The third-order valence-electron chi connectivity index (χ3n) is 2.26. The Kier molecular flexibility index (Phi) is 4.06. The van der Waals surface area contributed by atoms with Gasteiger partial charge in [-0.05, 0) is 25.3 Å². The van der Waals surface area contributed by atoms with Crippen molar-refractivity contribution < 1.29 is 5.11 Å². The van der Waals surface area contributed by atoms with E-state index in [1.165, 1.54) is 0 Å². The Bertz CT molecular complexity index is 161. The maximum absolute atomic E-state index is 8.96. The van der Waals surface area contributed by atoms with E-state index in [-0.39, 0.29) is 0 Å². The van der Waals surface area contributed by atoms with Crippen molar-refractivity contribution in [3.05, 3.63) is 11.6 Å². The number of aliphatic hydroxyl groups excluding tert-OH is 1. The highest BCUT2D eigenvalue weighted by Gasteiger charge is 2.18. The third-order valence-corrected chi connectivity index (χ3v) is 2.38. The molecule has 1 aliphatic rings. The first-order chi connectivity index (χ1) is 5.72. The van der Waals surface area contributed by atoms with Crippen molar-refractivity contribution >= 4 is 11.6 Å². The summed E-state index contributed by atoms with van der Waals surface area (Å²) >= 11 is 5.70. The van der Waals surface area contributed by atoms with Crippen LogP contribution in [0.2, 0.25) is 0 Å². The summed E-state index contributed by atoms with van der Waals surface area (Å²) < 4.78 is 0. The molecular weight excluding hydrogens is 174 g/mol. The maximum Gasteiger partial charge on any atom is 0.0471 e. The lowest BCUT2D eigenvalue weighted by molar-refractivity contribution is 0.128. The summed E-state index contributed by atoms with van der Waals surface area (Å²) in [5.41, 5.74) is 0. The summed E-state index contributed by atoms with van der Waals surface area (Å²) in [6.45, 7) is 6.77. The molecule has 1 rings (SSSR count). The molecule has 1 fully saturated rings. The SMILES string of the molecule is C=C(Cl)CN1CCCC(CO)C1. The van der Waals surface area contributed by atoms with Crippen LogP contribution >= 0.6 is 11.6 Å². The lowest BCUT2D eigenvalue weighted by atomic mass is 9.99. The summed E-state index contributed by atoms with van der Waals surface area (Å²) in [5, 5.41) is 9.65. The van der Waals surface area contributed by atoms with Crippen molar-refractivity contribution in [3.63, 3.8) is 0 Å². The van der Waals surface area contributed by atoms with E-state index in [4.69, 9.17) is 16.7 Å². The normalized spacial score (nSPS) is 25.7. The molecule has 1 saturated heterocycles. The van der Waals surface area contributed by atoms with E-state index in [9.17, 15) is 0 Å². The van der Waals surface area contributed by atoms with E-state index < -0.39 is 0 Å². The van der Waals surface area contributed by atoms with Gasteiger partial charge in [-0.25, -0.2) is 0 Å². The van der Waals surface area contributed by atoms with Crippen molar-refractivity contribution in [2.45, 2.75) is 12.8 Å². The van der Waals surface area contributed by atoms with Gasteiger partial charge in [0.1, 0.15) is 0 Å². The average molecular weight is 190 g/mol. The molecule has 0 aromatic heterocycles. The zero-order valence-corrected chi connectivity index (χ0v) is 8.06. The molecule has 0 radical (unpaired) electrons. The van der Waals surface area contributed by atoms with Crippen LogP contribution in [0.25, 0.3) is 0 Å². The van der Waals surface area contributed by atoms with Gasteiger partial charge in [0.05, 0.1) is 0 Å². The van der Waals surface area contributed by atoms with Crippen LogP contribution in [0.3, 0.4) is 0 Å². The zero-order chi connectivity index (χ0) is 8.97. The molecular formula is C9H16ClNO. The molecule has 0 amide bonds. The van der Waals surface area contributed by atoms with Gasteiger partial charge in [0.2, 0.25) is 0 Å². The summed E-state index contributed by atoms with van der Waals surface area (Å²) in [5.74, 6) is 0.440. The Morgan fingerprint density at radius 3 is 3.00 bits per heavy atom. The van der Waals surface area contributed by atoms with Gasteiger partial charge in [0, 0.05) is 24.7 Å². The van der Waals surface area contributed by atoms with E-state index in [2.05, 4.69) is 11.5 Å². The number of hydrogen-bond donors (Lipinski definition) is 1.